The van der Waals surface area contributed by atoms with Gasteiger partial charge in [-0.15, -0.1) is 11.3 Å². The molecule has 0 radical (unpaired) electrons. The van der Waals surface area contributed by atoms with Crippen LogP contribution in [0, 0.1) is 6.92 Å². The molecule has 1 fully saturated rings. The molecule has 0 amide bonds. The largest absolute Gasteiger partial charge is 0.497 e. The summed E-state index contributed by atoms with van der Waals surface area (Å²) in [5, 5.41) is 7.98. The van der Waals surface area contributed by atoms with E-state index in [1.165, 1.54) is 10.6 Å². The number of nitrogens with one attached hydrogen (secondary N) is 2. The average Bonchev–Trinajstić information content (AvgIpc) is 3.27. The van der Waals surface area contributed by atoms with Crippen LogP contribution in [0.2, 0.25) is 0 Å². The first-order valence-electron chi connectivity index (χ1n) is 8.45. The first-order chi connectivity index (χ1) is 12.2. The Morgan fingerprint density at radius 1 is 1.48 bits per heavy atom. The maximum absolute atomic E-state index is 5.32. The lowest BCUT2D eigenvalue weighted by Crippen LogP contribution is -2.44. The molecule has 2 aromatic rings. The van der Waals surface area contributed by atoms with Gasteiger partial charge in [-0.2, -0.15) is 0 Å². The van der Waals surface area contributed by atoms with Gasteiger partial charge >= 0.3 is 0 Å². The lowest BCUT2D eigenvalue weighted by Gasteiger charge is -2.20. The summed E-state index contributed by atoms with van der Waals surface area (Å²) >= 11 is 1.71. The van der Waals surface area contributed by atoms with Crippen LogP contribution in [0.1, 0.15) is 16.3 Å². The second kappa shape index (κ2) is 8.20. The van der Waals surface area contributed by atoms with Crippen molar-refractivity contribution < 1.29 is 4.74 Å². The number of methoxy groups -OCH3 is 1. The summed E-state index contributed by atoms with van der Waals surface area (Å²) in [6, 6.07) is 8.60. The maximum Gasteiger partial charge on any atom is 0.191 e. The Hall–Kier alpha value is -2.28. The van der Waals surface area contributed by atoms with Crippen molar-refractivity contribution in [3.05, 3.63) is 40.3 Å². The van der Waals surface area contributed by atoms with Crippen LogP contribution in [0.25, 0.3) is 0 Å². The number of thiazole rings is 1. The van der Waals surface area contributed by atoms with E-state index in [1.807, 2.05) is 32.3 Å². The van der Waals surface area contributed by atoms with Crippen LogP contribution in [0.5, 0.6) is 5.75 Å². The number of aromatic nitrogens is 1. The monoisotopic (exact) mass is 359 g/mol. The Bertz CT molecular complexity index is 730. The smallest absolute Gasteiger partial charge is 0.191 e. The quantitative estimate of drug-likeness (QED) is 0.634. The van der Waals surface area contributed by atoms with E-state index in [2.05, 4.69) is 37.6 Å². The van der Waals surface area contributed by atoms with E-state index in [1.54, 1.807) is 18.4 Å². The third kappa shape index (κ3) is 4.63. The molecule has 1 aromatic heterocycles. The molecule has 1 atom stereocenters. The van der Waals surface area contributed by atoms with Crippen molar-refractivity contribution in [2.45, 2.75) is 25.9 Å². The lowest BCUT2D eigenvalue weighted by atomic mass is 10.2. The van der Waals surface area contributed by atoms with Gasteiger partial charge in [0, 0.05) is 49.0 Å². The van der Waals surface area contributed by atoms with Crippen molar-refractivity contribution in [2.24, 2.45) is 4.99 Å². The summed E-state index contributed by atoms with van der Waals surface area (Å²) < 4.78 is 5.32. The minimum absolute atomic E-state index is 0.376. The molecule has 3 rings (SSSR count). The van der Waals surface area contributed by atoms with Gasteiger partial charge in [0.1, 0.15) is 5.75 Å². The van der Waals surface area contributed by atoms with Gasteiger partial charge in [-0.1, -0.05) is 6.07 Å². The fourth-order valence-corrected chi connectivity index (χ4v) is 3.70. The number of benzene rings is 1. The third-order valence-electron chi connectivity index (χ3n) is 4.27. The summed E-state index contributed by atoms with van der Waals surface area (Å²) in [5.41, 5.74) is 1.20. The standard InChI is InChI=1S/C18H25N5OS/c1-13-20-10-17(25-13)11-21-18(19-2)22-14-7-8-23(12-14)15-5-4-6-16(9-15)24-3/h4-6,9-10,14H,7-8,11-12H2,1-3H3,(H2,19,21,22). The van der Waals surface area contributed by atoms with Gasteiger partial charge in [0.05, 0.1) is 18.7 Å². The number of rotatable bonds is 5. The SMILES string of the molecule is CN=C(NCc1cnc(C)s1)NC1CCN(c2cccc(OC)c2)C1. The molecule has 25 heavy (non-hydrogen) atoms. The molecule has 1 aliphatic heterocycles. The molecular formula is C18H25N5OS. The predicted molar refractivity (Wildman–Crippen MR) is 104 cm³/mol. The van der Waals surface area contributed by atoms with Crippen molar-refractivity contribution in [1.82, 2.24) is 15.6 Å². The highest BCUT2D eigenvalue weighted by Crippen LogP contribution is 2.24. The molecule has 1 aliphatic rings. The molecule has 0 saturated carbocycles. The Kier molecular flexibility index (Phi) is 5.75. The first kappa shape index (κ1) is 17.5. The second-order valence-electron chi connectivity index (χ2n) is 6.05. The lowest BCUT2D eigenvalue weighted by molar-refractivity contribution is 0.415. The van der Waals surface area contributed by atoms with Gasteiger partial charge in [-0.25, -0.2) is 4.98 Å². The number of hydrogen-bond donors (Lipinski definition) is 2. The number of ether oxygens (including phenoxy) is 1. The molecule has 0 aliphatic carbocycles. The highest BCUT2D eigenvalue weighted by molar-refractivity contribution is 7.11. The molecule has 1 saturated heterocycles. The number of aliphatic imine (C=N–C) groups is 1. The number of guanidine groups is 1. The summed E-state index contributed by atoms with van der Waals surface area (Å²) in [5.74, 6) is 1.73. The van der Waals surface area contributed by atoms with Crippen molar-refractivity contribution in [3.63, 3.8) is 0 Å². The van der Waals surface area contributed by atoms with Crippen LogP contribution in [0.4, 0.5) is 5.69 Å². The van der Waals surface area contributed by atoms with E-state index in [9.17, 15) is 0 Å². The van der Waals surface area contributed by atoms with Crippen LogP contribution < -0.4 is 20.3 Å². The third-order valence-corrected chi connectivity index (χ3v) is 5.18. The Labute approximate surface area is 152 Å². The molecule has 2 heterocycles. The van der Waals surface area contributed by atoms with E-state index < -0.39 is 0 Å². The zero-order valence-electron chi connectivity index (χ0n) is 15.0. The van der Waals surface area contributed by atoms with Crippen LogP contribution >= 0.6 is 11.3 Å². The second-order valence-corrected chi connectivity index (χ2v) is 7.37. The summed E-state index contributed by atoms with van der Waals surface area (Å²) in [4.78, 5) is 12.2. The van der Waals surface area contributed by atoms with Gasteiger partial charge in [0.15, 0.2) is 5.96 Å². The average molecular weight is 359 g/mol. The van der Waals surface area contributed by atoms with Crippen LogP contribution in [-0.4, -0.2) is 44.2 Å². The fourth-order valence-electron chi connectivity index (χ4n) is 2.97. The topological polar surface area (TPSA) is 61.8 Å². The van der Waals surface area contributed by atoms with Gasteiger partial charge in [-0.05, 0) is 25.5 Å². The van der Waals surface area contributed by atoms with Gasteiger partial charge in [0.2, 0.25) is 0 Å². The predicted octanol–water partition coefficient (Wildman–Crippen LogP) is 2.40. The molecule has 2 N–H and O–H groups in total. The molecule has 1 aromatic carbocycles. The van der Waals surface area contributed by atoms with Crippen molar-refractivity contribution in [2.75, 3.05) is 32.1 Å². The Morgan fingerprint density at radius 3 is 3.08 bits per heavy atom. The van der Waals surface area contributed by atoms with Crippen molar-refractivity contribution in [1.29, 1.82) is 0 Å². The number of aryl methyl sites for hydroxylation is 1. The molecular weight excluding hydrogens is 334 g/mol. The minimum Gasteiger partial charge on any atom is -0.497 e. The summed E-state index contributed by atoms with van der Waals surface area (Å²) in [6.45, 7) is 4.74. The van der Waals surface area contributed by atoms with E-state index in [4.69, 9.17) is 4.74 Å². The minimum atomic E-state index is 0.376. The van der Waals surface area contributed by atoms with E-state index >= 15 is 0 Å². The zero-order chi connectivity index (χ0) is 17.6. The van der Waals surface area contributed by atoms with Crippen LogP contribution in [-0.2, 0) is 6.54 Å². The molecule has 6 nitrogen and oxygen atoms in total. The van der Waals surface area contributed by atoms with Gasteiger partial charge < -0.3 is 20.3 Å². The highest BCUT2D eigenvalue weighted by Gasteiger charge is 2.23. The highest BCUT2D eigenvalue weighted by atomic mass is 32.1. The zero-order valence-corrected chi connectivity index (χ0v) is 15.8. The van der Waals surface area contributed by atoms with E-state index in [0.29, 0.717) is 6.04 Å². The van der Waals surface area contributed by atoms with E-state index in [0.717, 1.165) is 42.8 Å². The van der Waals surface area contributed by atoms with Crippen LogP contribution in [0.15, 0.2) is 35.5 Å². The fraction of sp³-hybridized carbons (Fsp3) is 0.444. The molecule has 0 spiro atoms. The number of anilines is 1. The number of nitrogens with zero attached hydrogens (tertiary/aromatic N) is 3. The van der Waals surface area contributed by atoms with Crippen molar-refractivity contribution in [3.8, 4) is 5.75 Å². The number of hydrogen-bond acceptors (Lipinski definition) is 5. The Balaban J connectivity index is 1.52. The molecule has 0 bridgehead atoms. The van der Waals surface area contributed by atoms with Gasteiger partial charge in [-0.3, -0.25) is 4.99 Å². The molecule has 134 valence electrons. The normalized spacial score (nSPS) is 17.6. The Morgan fingerprint density at radius 2 is 2.36 bits per heavy atom. The van der Waals surface area contributed by atoms with Crippen LogP contribution in [0.3, 0.4) is 0 Å². The maximum atomic E-state index is 5.32. The van der Waals surface area contributed by atoms with Crippen molar-refractivity contribution >= 4 is 23.0 Å². The van der Waals surface area contributed by atoms with E-state index in [-0.39, 0.29) is 0 Å². The van der Waals surface area contributed by atoms with Gasteiger partial charge in [0.25, 0.3) is 0 Å². The summed E-state index contributed by atoms with van der Waals surface area (Å²) in [7, 11) is 3.51. The summed E-state index contributed by atoms with van der Waals surface area (Å²) in [6.07, 6.45) is 3.00. The molecule has 7 heteroatoms. The molecule has 1 unspecified atom stereocenters. The first-order valence-corrected chi connectivity index (χ1v) is 9.27.